The molecule has 4 nitrogen and oxygen atoms in total. The van der Waals surface area contributed by atoms with Gasteiger partial charge in [-0.1, -0.05) is 91.0 Å². The summed E-state index contributed by atoms with van der Waals surface area (Å²) < 4.78 is 0. The average molecular weight is 407 g/mol. The van der Waals surface area contributed by atoms with Crippen LogP contribution in [0.15, 0.2) is 109 Å². The zero-order chi connectivity index (χ0) is 21.9. The fraction of sp³-hybridized carbons (Fsp3) is 0. The number of benzene rings is 3. The molecule has 3 aromatic carbocycles. The summed E-state index contributed by atoms with van der Waals surface area (Å²) in [6, 6.07) is 27.5. The van der Waals surface area contributed by atoms with Crippen molar-refractivity contribution in [1.29, 1.82) is 0 Å². The molecule has 31 heavy (non-hydrogen) atoms. The Labute approximate surface area is 181 Å². The SMILES string of the molecule is O=C(/C=C\c1ccccc1)N(C(=O)/C=C\c1ccccc1)C(=O)/C=C\c1ccccc1. The van der Waals surface area contributed by atoms with E-state index in [2.05, 4.69) is 0 Å². The van der Waals surface area contributed by atoms with Crippen molar-refractivity contribution in [3.8, 4) is 0 Å². The summed E-state index contributed by atoms with van der Waals surface area (Å²) in [4.78, 5) is 38.9. The molecule has 0 spiro atoms. The van der Waals surface area contributed by atoms with Crippen LogP contribution >= 0.6 is 0 Å². The third kappa shape index (κ3) is 6.61. The van der Waals surface area contributed by atoms with Crippen molar-refractivity contribution < 1.29 is 14.4 Å². The molecule has 3 amide bonds. The van der Waals surface area contributed by atoms with Crippen LogP contribution in [0.3, 0.4) is 0 Å². The number of rotatable bonds is 6. The van der Waals surface area contributed by atoms with Gasteiger partial charge in [0.1, 0.15) is 0 Å². The fourth-order valence-electron chi connectivity index (χ4n) is 2.74. The van der Waals surface area contributed by atoms with Crippen LogP contribution in [0.25, 0.3) is 18.2 Å². The zero-order valence-corrected chi connectivity index (χ0v) is 16.8. The number of hydrogen-bond donors (Lipinski definition) is 0. The predicted octanol–water partition coefficient (Wildman–Crippen LogP) is 5.01. The summed E-state index contributed by atoms with van der Waals surface area (Å²) in [6.07, 6.45) is 8.36. The topological polar surface area (TPSA) is 54.5 Å². The van der Waals surface area contributed by atoms with Gasteiger partial charge in [0, 0.05) is 18.2 Å². The van der Waals surface area contributed by atoms with Crippen LogP contribution in [0.2, 0.25) is 0 Å². The second-order valence-corrected chi connectivity index (χ2v) is 6.58. The van der Waals surface area contributed by atoms with Gasteiger partial charge in [-0.2, -0.15) is 0 Å². The Bertz CT molecular complexity index is 969. The highest BCUT2D eigenvalue weighted by atomic mass is 16.2. The Balaban J connectivity index is 1.83. The molecule has 0 aliphatic rings. The summed E-state index contributed by atoms with van der Waals surface area (Å²) in [7, 11) is 0. The summed E-state index contributed by atoms with van der Waals surface area (Å²) in [6.45, 7) is 0. The number of carbonyl (C=O) groups is 3. The minimum Gasteiger partial charge on any atom is -0.269 e. The molecule has 0 saturated carbocycles. The maximum absolute atomic E-state index is 12.8. The van der Waals surface area contributed by atoms with E-state index in [0.29, 0.717) is 4.90 Å². The van der Waals surface area contributed by atoms with Crippen molar-refractivity contribution in [3.63, 3.8) is 0 Å². The van der Waals surface area contributed by atoms with E-state index in [9.17, 15) is 14.4 Å². The highest BCUT2D eigenvalue weighted by Gasteiger charge is 2.23. The molecule has 0 radical (unpaired) electrons. The number of carbonyl (C=O) groups excluding carboxylic acids is 3. The van der Waals surface area contributed by atoms with Crippen LogP contribution in [-0.4, -0.2) is 22.6 Å². The molecule has 0 fully saturated rings. The third-order valence-corrected chi connectivity index (χ3v) is 4.31. The highest BCUT2D eigenvalue weighted by Crippen LogP contribution is 2.08. The van der Waals surface area contributed by atoms with E-state index in [0.717, 1.165) is 16.7 Å². The average Bonchev–Trinajstić information content (AvgIpc) is 2.82. The minimum atomic E-state index is -0.714. The van der Waals surface area contributed by atoms with E-state index in [1.54, 1.807) is 18.2 Å². The first-order valence-corrected chi connectivity index (χ1v) is 9.75. The lowest BCUT2D eigenvalue weighted by Crippen LogP contribution is -2.39. The molecule has 152 valence electrons. The normalized spacial score (nSPS) is 11.2. The van der Waals surface area contributed by atoms with Crippen LogP contribution < -0.4 is 0 Å². The maximum Gasteiger partial charge on any atom is 0.260 e. The molecule has 0 N–H and O–H groups in total. The van der Waals surface area contributed by atoms with E-state index in [1.807, 2.05) is 91.0 Å². The fourth-order valence-corrected chi connectivity index (χ4v) is 2.74. The van der Waals surface area contributed by atoms with Crippen LogP contribution in [0.4, 0.5) is 0 Å². The van der Waals surface area contributed by atoms with Gasteiger partial charge in [-0.05, 0) is 34.9 Å². The predicted molar refractivity (Wildman–Crippen MR) is 123 cm³/mol. The van der Waals surface area contributed by atoms with Gasteiger partial charge >= 0.3 is 0 Å². The third-order valence-electron chi connectivity index (χ3n) is 4.31. The van der Waals surface area contributed by atoms with Crippen molar-refractivity contribution >= 4 is 35.9 Å². The van der Waals surface area contributed by atoms with Crippen molar-refractivity contribution in [2.75, 3.05) is 0 Å². The largest absolute Gasteiger partial charge is 0.269 e. The Morgan fingerprint density at radius 1 is 0.452 bits per heavy atom. The smallest absolute Gasteiger partial charge is 0.260 e. The molecule has 3 rings (SSSR count). The standard InChI is InChI=1S/C27H21NO3/c29-25(19-16-22-10-4-1-5-11-22)28(26(30)20-17-23-12-6-2-7-13-23)27(31)21-18-24-14-8-3-9-15-24/h1-21H/b19-16-,20-17-,21-18-. The Morgan fingerprint density at radius 3 is 0.968 bits per heavy atom. The van der Waals surface area contributed by atoms with E-state index >= 15 is 0 Å². The van der Waals surface area contributed by atoms with E-state index in [1.165, 1.54) is 18.2 Å². The van der Waals surface area contributed by atoms with Crippen LogP contribution in [0, 0.1) is 0 Å². The number of nitrogens with zero attached hydrogens (tertiary/aromatic N) is 1. The van der Waals surface area contributed by atoms with Crippen molar-refractivity contribution in [3.05, 3.63) is 126 Å². The second kappa shape index (κ2) is 11.0. The first kappa shape index (κ1) is 21.4. The molecule has 0 aliphatic carbocycles. The van der Waals surface area contributed by atoms with Crippen molar-refractivity contribution in [2.45, 2.75) is 0 Å². The molecular formula is C27H21NO3. The van der Waals surface area contributed by atoms with Crippen LogP contribution in [-0.2, 0) is 14.4 Å². The second-order valence-electron chi connectivity index (χ2n) is 6.58. The molecule has 0 aromatic heterocycles. The number of imide groups is 3. The molecule has 0 bridgehead atoms. The van der Waals surface area contributed by atoms with Gasteiger partial charge in [-0.15, -0.1) is 0 Å². The summed E-state index contributed by atoms with van der Waals surface area (Å²) in [5.41, 5.74) is 2.36. The van der Waals surface area contributed by atoms with Gasteiger partial charge in [-0.25, -0.2) is 4.90 Å². The molecule has 0 saturated heterocycles. The molecule has 4 heteroatoms. The van der Waals surface area contributed by atoms with E-state index < -0.39 is 17.7 Å². The van der Waals surface area contributed by atoms with Gasteiger partial charge in [0.15, 0.2) is 0 Å². The van der Waals surface area contributed by atoms with Gasteiger partial charge in [0.2, 0.25) is 0 Å². The summed E-state index contributed by atoms with van der Waals surface area (Å²) in [5, 5.41) is 0. The minimum absolute atomic E-state index is 0.623. The maximum atomic E-state index is 12.8. The van der Waals surface area contributed by atoms with Gasteiger partial charge in [0.25, 0.3) is 17.7 Å². The van der Waals surface area contributed by atoms with Gasteiger partial charge in [-0.3, -0.25) is 14.4 Å². The van der Waals surface area contributed by atoms with Crippen LogP contribution in [0.1, 0.15) is 16.7 Å². The van der Waals surface area contributed by atoms with E-state index in [4.69, 9.17) is 0 Å². The molecule has 0 unspecified atom stereocenters. The monoisotopic (exact) mass is 407 g/mol. The molecule has 0 aliphatic heterocycles. The molecule has 0 heterocycles. The Hall–Kier alpha value is -4.31. The molecule has 0 atom stereocenters. The lowest BCUT2D eigenvalue weighted by Gasteiger charge is -2.13. The lowest BCUT2D eigenvalue weighted by molar-refractivity contribution is -0.147. The number of hydrogen-bond acceptors (Lipinski definition) is 3. The first-order chi connectivity index (χ1) is 15.1. The first-order valence-electron chi connectivity index (χ1n) is 9.75. The Morgan fingerprint density at radius 2 is 0.710 bits per heavy atom. The highest BCUT2D eigenvalue weighted by molar-refractivity contribution is 6.21. The quantitative estimate of drug-likeness (QED) is 0.540. The van der Waals surface area contributed by atoms with Gasteiger partial charge < -0.3 is 0 Å². The van der Waals surface area contributed by atoms with Crippen molar-refractivity contribution in [2.24, 2.45) is 0 Å². The van der Waals surface area contributed by atoms with E-state index in [-0.39, 0.29) is 0 Å². The summed E-state index contributed by atoms with van der Waals surface area (Å²) in [5.74, 6) is -2.14. The van der Waals surface area contributed by atoms with Crippen molar-refractivity contribution in [1.82, 2.24) is 4.90 Å². The number of amides is 3. The zero-order valence-electron chi connectivity index (χ0n) is 16.8. The summed E-state index contributed by atoms with van der Waals surface area (Å²) >= 11 is 0. The van der Waals surface area contributed by atoms with Gasteiger partial charge in [0.05, 0.1) is 0 Å². The lowest BCUT2D eigenvalue weighted by atomic mass is 10.2. The van der Waals surface area contributed by atoms with Crippen LogP contribution in [0.5, 0.6) is 0 Å². The Kier molecular flexibility index (Phi) is 7.61. The molecular weight excluding hydrogens is 386 g/mol. The molecule has 3 aromatic rings.